The van der Waals surface area contributed by atoms with E-state index in [1.807, 2.05) is 42.5 Å². The lowest BCUT2D eigenvalue weighted by Gasteiger charge is -2.18. The summed E-state index contributed by atoms with van der Waals surface area (Å²) < 4.78 is 4.76. The highest BCUT2D eigenvalue weighted by Gasteiger charge is 2.27. The lowest BCUT2D eigenvalue weighted by atomic mass is 9.96. The molecule has 1 aliphatic heterocycles. The van der Waals surface area contributed by atoms with E-state index in [1.165, 1.54) is 0 Å². The van der Waals surface area contributed by atoms with Crippen molar-refractivity contribution >= 4 is 34.1 Å². The first-order chi connectivity index (χ1) is 10.7. The summed E-state index contributed by atoms with van der Waals surface area (Å²) in [5.41, 5.74) is 2.62. The summed E-state index contributed by atoms with van der Waals surface area (Å²) in [7, 11) is 0. The van der Waals surface area contributed by atoms with Crippen molar-refractivity contribution in [3.05, 3.63) is 71.8 Å². The molecular formula is C18H11NO3. The molecule has 1 N–H and O–H groups in total. The van der Waals surface area contributed by atoms with Gasteiger partial charge in [0.1, 0.15) is 0 Å². The monoisotopic (exact) mass is 289 g/mol. The van der Waals surface area contributed by atoms with Gasteiger partial charge in [0.15, 0.2) is 0 Å². The van der Waals surface area contributed by atoms with E-state index in [4.69, 9.17) is 4.74 Å². The largest absolute Gasteiger partial charge is 0.386 e. The number of hydrogen-bond acceptors (Lipinski definition) is 4. The molecule has 0 spiro atoms. The maximum Gasteiger partial charge on any atom is 0.346 e. The van der Waals surface area contributed by atoms with E-state index < -0.39 is 11.9 Å². The normalized spacial score (nSPS) is 13.1. The number of cyclic esters (lactones) is 2. The molecule has 0 fully saturated rings. The van der Waals surface area contributed by atoms with E-state index >= 15 is 0 Å². The van der Waals surface area contributed by atoms with Gasteiger partial charge in [0.25, 0.3) is 0 Å². The van der Waals surface area contributed by atoms with Gasteiger partial charge in [0.2, 0.25) is 0 Å². The molecule has 4 heteroatoms. The summed E-state index contributed by atoms with van der Waals surface area (Å²) in [4.78, 5) is 23.8. The molecule has 0 amide bonds. The Morgan fingerprint density at radius 3 is 2.23 bits per heavy atom. The number of para-hydroxylation sites is 1. The number of carbonyl (C=O) groups excluding carboxylic acids is 2. The van der Waals surface area contributed by atoms with Crippen LogP contribution in [0.25, 0.3) is 10.8 Å². The van der Waals surface area contributed by atoms with Gasteiger partial charge in [0.05, 0.1) is 11.1 Å². The first kappa shape index (κ1) is 12.6. The Hall–Kier alpha value is -3.14. The number of nitrogens with one attached hydrogen (secondary N) is 1. The Labute approximate surface area is 126 Å². The van der Waals surface area contributed by atoms with Crippen LogP contribution in [-0.2, 0) is 4.74 Å². The van der Waals surface area contributed by atoms with E-state index in [0.29, 0.717) is 16.5 Å². The Balaban J connectivity index is 1.95. The molecule has 0 aromatic heterocycles. The lowest BCUT2D eigenvalue weighted by Crippen LogP contribution is -2.19. The second kappa shape index (κ2) is 4.70. The van der Waals surface area contributed by atoms with Crippen LogP contribution in [0.2, 0.25) is 0 Å². The molecule has 4 rings (SSSR count). The zero-order valence-electron chi connectivity index (χ0n) is 11.5. The van der Waals surface area contributed by atoms with Crippen molar-refractivity contribution < 1.29 is 14.3 Å². The van der Waals surface area contributed by atoms with Crippen LogP contribution in [0.15, 0.2) is 60.7 Å². The van der Waals surface area contributed by atoms with Gasteiger partial charge in [-0.1, -0.05) is 30.3 Å². The second-order valence-electron chi connectivity index (χ2n) is 5.06. The summed E-state index contributed by atoms with van der Waals surface area (Å²) in [5, 5.41) is 4.78. The van der Waals surface area contributed by atoms with Crippen LogP contribution < -0.4 is 5.32 Å². The molecule has 0 saturated carbocycles. The molecule has 0 bridgehead atoms. The third kappa shape index (κ3) is 1.85. The van der Waals surface area contributed by atoms with E-state index in [2.05, 4.69) is 5.32 Å². The topological polar surface area (TPSA) is 55.4 Å². The van der Waals surface area contributed by atoms with Crippen molar-refractivity contribution in [2.24, 2.45) is 0 Å². The number of anilines is 2. The predicted octanol–water partition coefficient (Wildman–Crippen LogP) is 3.89. The van der Waals surface area contributed by atoms with E-state index in [1.54, 1.807) is 18.2 Å². The molecule has 0 aliphatic carbocycles. The van der Waals surface area contributed by atoms with Crippen molar-refractivity contribution in [3.63, 3.8) is 0 Å². The maximum absolute atomic E-state index is 11.9. The van der Waals surface area contributed by atoms with Gasteiger partial charge >= 0.3 is 11.9 Å². The zero-order chi connectivity index (χ0) is 15.1. The average Bonchev–Trinajstić information content (AvgIpc) is 2.54. The Morgan fingerprint density at radius 2 is 1.45 bits per heavy atom. The number of benzene rings is 3. The van der Waals surface area contributed by atoms with Crippen LogP contribution in [0, 0.1) is 0 Å². The standard InChI is InChI=1S/C18H11NO3/c20-17-13-8-4-7-12-15(19-11-5-2-1-3-6-11)10-9-14(16(12)13)18(21)22-17/h1-10,19H. The minimum atomic E-state index is -0.597. The Bertz CT molecular complexity index is 896. The van der Waals surface area contributed by atoms with Crippen molar-refractivity contribution in [2.45, 2.75) is 0 Å². The molecule has 4 nitrogen and oxygen atoms in total. The fraction of sp³-hybridized carbons (Fsp3) is 0. The molecule has 0 saturated heterocycles. The first-order valence-electron chi connectivity index (χ1n) is 6.88. The molecule has 0 unspecified atom stereocenters. The minimum absolute atomic E-state index is 0.420. The van der Waals surface area contributed by atoms with Crippen LogP contribution in [-0.4, -0.2) is 11.9 Å². The zero-order valence-corrected chi connectivity index (χ0v) is 11.5. The SMILES string of the molecule is O=C1OC(=O)c2ccc(Nc3ccccc3)c3cccc1c23. The Morgan fingerprint density at radius 1 is 0.727 bits per heavy atom. The van der Waals surface area contributed by atoms with E-state index in [0.717, 1.165) is 16.8 Å². The van der Waals surface area contributed by atoms with Gasteiger partial charge in [-0.3, -0.25) is 0 Å². The minimum Gasteiger partial charge on any atom is -0.386 e. The summed E-state index contributed by atoms with van der Waals surface area (Å²) in [6.07, 6.45) is 0. The van der Waals surface area contributed by atoms with E-state index in [9.17, 15) is 9.59 Å². The van der Waals surface area contributed by atoms with Gasteiger partial charge in [-0.25, -0.2) is 9.59 Å². The average molecular weight is 289 g/mol. The van der Waals surface area contributed by atoms with Crippen LogP contribution in [0.5, 0.6) is 0 Å². The van der Waals surface area contributed by atoms with Crippen molar-refractivity contribution in [3.8, 4) is 0 Å². The van der Waals surface area contributed by atoms with Gasteiger partial charge in [-0.2, -0.15) is 0 Å². The third-order valence-electron chi connectivity index (χ3n) is 3.72. The number of carbonyl (C=O) groups is 2. The highest BCUT2D eigenvalue weighted by molar-refractivity contribution is 6.22. The third-order valence-corrected chi connectivity index (χ3v) is 3.72. The van der Waals surface area contributed by atoms with Crippen LogP contribution in [0.3, 0.4) is 0 Å². The highest BCUT2D eigenvalue weighted by atomic mass is 16.6. The molecule has 22 heavy (non-hydrogen) atoms. The molecule has 1 heterocycles. The molecule has 0 atom stereocenters. The van der Waals surface area contributed by atoms with Crippen LogP contribution >= 0.6 is 0 Å². The smallest absolute Gasteiger partial charge is 0.346 e. The fourth-order valence-electron chi connectivity index (χ4n) is 2.73. The van der Waals surface area contributed by atoms with Crippen molar-refractivity contribution in [1.82, 2.24) is 0 Å². The Kier molecular flexibility index (Phi) is 2.69. The van der Waals surface area contributed by atoms with Gasteiger partial charge < -0.3 is 10.1 Å². The molecule has 3 aromatic rings. The molecule has 106 valence electrons. The van der Waals surface area contributed by atoms with Gasteiger partial charge in [0, 0.05) is 22.1 Å². The quantitative estimate of drug-likeness (QED) is 0.574. The highest BCUT2D eigenvalue weighted by Crippen LogP contribution is 2.34. The van der Waals surface area contributed by atoms with Crippen LogP contribution in [0.4, 0.5) is 11.4 Å². The van der Waals surface area contributed by atoms with Crippen LogP contribution in [0.1, 0.15) is 20.7 Å². The second-order valence-corrected chi connectivity index (χ2v) is 5.06. The molecule has 0 radical (unpaired) electrons. The first-order valence-corrected chi connectivity index (χ1v) is 6.88. The maximum atomic E-state index is 11.9. The summed E-state index contributed by atoms with van der Waals surface area (Å²) in [6, 6.07) is 18.6. The molecule has 1 aliphatic rings. The lowest BCUT2D eigenvalue weighted by molar-refractivity contribution is 0.0391. The summed E-state index contributed by atoms with van der Waals surface area (Å²) in [5.74, 6) is -1.19. The fourth-order valence-corrected chi connectivity index (χ4v) is 2.73. The van der Waals surface area contributed by atoms with Crippen molar-refractivity contribution in [2.75, 3.05) is 5.32 Å². The summed E-state index contributed by atoms with van der Waals surface area (Å²) in [6.45, 7) is 0. The molecular weight excluding hydrogens is 278 g/mol. The van der Waals surface area contributed by atoms with Crippen molar-refractivity contribution in [1.29, 1.82) is 0 Å². The number of hydrogen-bond donors (Lipinski definition) is 1. The summed E-state index contributed by atoms with van der Waals surface area (Å²) >= 11 is 0. The molecule has 3 aromatic carbocycles. The number of rotatable bonds is 2. The number of ether oxygens (including phenoxy) is 1. The van der Waals surface area contributed by atoms with Gasteiger partial charge in [-0.05, 0) is 30.3 Å². The van der Waals surface area contributed by atoms with Gasteiger partial charge in [-0.15, -0.1) is 0 Å². The predicted molar refractivity (Wildman–Crippen MR) is 83.4 cm³/mol. The van der Waals surface area contributed by atoms with E-state index in [-0.39, 0.29) is 0 Å². The number of esters is 2.